The molecule has 1 fully saturated rings. The number of alkyl carbamates (subject to hydrolysis) is 1. The standard InChI is InChI=1S/C15H29N3O3/c1-6-18(7-2)13(19)10-16-11-8-12(9-11)17-14(20)21-15(3,4)5/h11-12,16H,6-10H2,1-5H3,(H,17,20). The van der Waals surface area contributed by atoms with E-state index in [0.717, 1.165) is 25.9 Å². The van der Waals surface area contributed by atoms with Gasteiger partial charge in [-0.2, -0.15) is 0 Å². The van der Waals surface area contributed by atoms with Gasteiger partial charge >= 0.3 is 6.09 Å². The van der Waals surface area contributed by atoms with E-state index in [9.17, 15) is 9.59 Å². The first kappa shape index (κ1) is 17.8. The van der Waals surface area contributed by atoms with Gasteiger partial charge < -0.3 is 20.3 Å². The molecule has 0 spiro atoms. The van der Waals surface area contributed by atoms with Gasteiger partial charge in [0.2, 0.25) is 5.91 Å². The zero-order valence-electron chi connectivity index (χ0n) is 13.9. The molecule has 6 nitrogen and oxygen atoms in total. The minimum Gasteiger partial charge on any atom is -0.444 e. The summed E-state index contributed by atoms with van der Waals surface area (Å²) in [5, 5.41) is 6.08. The number of likely N-dealkylation sites (N-methyl/N-ethyl adjacent to an activating group) is 1. The second kappa shape index (κ2) is 7.64. The summed E-state index contributed by atoms with van der Waals surface area (Å²) in [7, 11) is 0. The van der Waals surface area contributed by atoms with Crippen LogP contribution in [0.1, 0.15) is 47.5 Å². The average molecular weight is 299 g/mol. The minimum absolute atomic E-state index is 0.128. The van der Waals surface area contributed by atoms with Crippen LogP contribution >= 0.6 is 0 Å². The number of hydrogen-bond acceptors (Lipinski definition) is 4. The van der Waals surface area contributed by atoms with Crippen LogP contribution in [0.5, 0.6) is 0 Å². The molecule has 0 bridgehead atoms. The Kier molecular flexibility index (Phi) is 6.45. The molecule has 1 rings (SSSR count). The minimum atomic E-state index is -0.471. The van der Waals surface area contributed by atoms with Gasteiger partial charge in [0.15, 0.2) is 0 Å². The Hall–Kier alpha value is -1.30. The van der Waals surface area contributed by atoms with Gasteiger partial charge in [0.1, 0.15) is 5.60 Å². The highest BCUT2D eigenvalue weighted by atomic mass is 16.6. The van der Waals surface area contributed by atoms with E-state index in [0.29, 0.717) is 12.6 Å². The van der Waals surface area contributed by atoms with Crippen molar-refractivity contribution in [3.63, 3.8) is 0 Å². The third-order valence-electron chi connectivity index (χ3n) is 3.52. The number of hydrogen-bond donors (Lipinski definition) is 2. The molecule has 0 aromatic rings. The van der Waals surface area contributed by atoms with Crippen molar-refractivity contribution < 1.29 is 14.3 Å². The SMILES string of the molecule is CCN(CC)C(=O)CNC1CC(NC(=O)OC(C)(C)C)C1. The summed E-state index contributed by atoms with van der Waals surface area (Å²) in [4.78, 5) is 25.2. The highest BCUT2D eigenvalue weighted by Crippen LogP contribution is 2.20. The van der Waals surface area contributed by atoms with E-state index in [4.69, 9.17) is 4.74 Å². The van der Waals surface area contributed by atoms with E-state index in [1.807, 2.05) is 39.5 Å². The lowest BCUT2D eigenvalue weighted by atomic mass is 9.87. The fourth-order valence-electron chi connectivity index (χ4n) is 2.30. The Morgan fingerprint density at radius 1 is 1.14 bits per heavy atom. The summed E-state index contributed by atoms with van der Waals surface area (Å²) in [5.74, 6) is 0.128. The van der Waals surface area contributed by atoms with E-state index in [2.05, 4.69) is 10.6 Å². The van der Waals surface area contributed by atoms with E-state index in [-0.39, 0.29) is 18.0 Å². The molecule has 1 aliphatic carbocycles. The van der Waals surface area contributed by atoms with Crippen LogP contribution in [0.4, 0.5) is 4.79 Å². The lowest BCUT2D eigenvalue weighted by molar-refractivity contribution is -0.130. The number of carbonyl (C=O) groups excluding carboxylic acids is 2. The summed E-state index contributed by atoms with van der Waals surface area (Å²) >= 11 is 0. The van der Waals surface area contributed by atoms with Crippen LogP contribution in [0.25, 0.3) is 0 Å². The predicted octanol–water partition coefficient (Wildman–Crippen LogP) is 1.50. The van der Waals surface area contributed by atoms with Gasteiger partial charge in [-0.15, -0.1) is 0 Å². The Morgan fingerprint density at radius 3 is 2.19 bits per heavy atom. The molecule has 0 aromatic heterocycles. The summed E-state index contributed by atoms with van der Waals surface area (Å²) in [5.41, 5.74) is -0.471. The smallest absolute Gasteiger partial charge is 0.407 e. The first-order valence-electron chi connectivity index (χ1n) is 7.75. The number of nitrogens with zero attached hydrogens (tertiary/aromatic N) is 1. The average Bonchev–Trinajstić information content (AvgIpc) is 2.31. The van der Waals surface area contributed by atoms with Gasteiger partial charge in [0.25, 0.3) is 0 Å². The van der Waals surface area contributed by atoms with Gasteiger partial charge in [-0.05, 0) is 47.5 Å². The highest BCUT2D eigenvalue weighted by Gasteiger charge is 2.31. The van der Waals surface area contributed by atoms with Crippen LogP contribution in [-0.2, 0) is 9.53 Å². The molecule has 0 heterocycles. The highest BCUT2D eigenvalue weighted by molar-refractivity contribution is 5.78. The molecule has 122 valence electrons. The maximum absolute atomic E-state index is 11.8. The quantitative estimate of drug-likeness (QED) is 0.780. The van der Waals surface area contributed by atoms with E-state index < -0.39 is 5.60 Å². The Bertz CT molecular complexity index is 356. The molecule has 1 saturated carbocycles. The molecule has 0 aromatic carbocycles. The molecule has 0 radical (unpaired) electrons. The third-order valence-corrected chi connectivity index (χ3v) is 3.52. The Balaban J connectivity index is 2.16. The van der Waals surface area contributed by atoms with Crippen molar-refractivity contribution in [2.45, 2.75) is 65.1 Å². The molecule has 1 aliphatic rings. The topological polar surface area (TPSA) is 70.7 Å². The van der Waals surface area contributed by atoms with Crippen molar-refractivity contribution in [1.29, 1.82) is 0 Å². The van der Waals surface area contributed by atoms with Gasteiger partial charge in [0, 0.05) is 25.2 Å². The molecule has 0 saturated heterocycles. The van der Waals surface area contributed by atoms with Crippen molar-refractivity contribution in [2.24, 2.45) is 0 Å². The van der Waals surface area contributed by atoms with Gasteiger partial charge in [-0.3, -0.25) is 4.79 Å². The van der Waals surface area contributed by atoms with Crippen molar-refractivity contribution in [3.05, 3.63) is 0 Å². The lowest BCUT2D eigenvalue weighted by Gasteiger charge is -2.37. The van der Waals surface area contributed by atoms with Crippen molar-refractivity contribution in [1.82, 2.24) is 15.5 Å². The third kappa shape index (κ3) is 6.33. The molecule has 2 N–H and O–H groups in total. The maximum atomic E-state index is 11.8. The zero-order chi connectivity index (χ0) is 16.0. The van der Waals surface area contributed by atoms with Crippen molar-refractivity contribution in [3.8, 4) is 0 Å². The van der Waals surface area contributed by atoms with Gasteiger partial charge in [0.05, 0.1) is 6.54 Å². The van der Waals surface area contributed by atoms with Crippen molar-refractivity contribution in [2.75, 3.05) is 19.6 Å². The van der Waals surface area contributed by atoms with Crippen LogP contribution in [0, 0.1) is 0 Å². The van der Waals surface area contributed by atoms with Crippen molar-refractivity contribution >= 4 is 12.0 Å². The Labute approximate surface area is 127 Å². The molecule has 6 heteroatoms. The predicted molar refractivity (Wildman–Crippen MR) is 82.1 cm³/mol. The fraction of sp³-hybridized carbons (Fsp3) is 0.867. The van der Waals surface area contributed by atoms with E-state index in [1.54, 1.807) is 0 Å². The molecule has 0 aliphatic heterocycles. The number of amides is 2. The summed E-state index contributed by atoms with van der Waals surface area (Å²) in [6.07, 6.45) is 1.31. The molecule has 2 amide bonds. The molecule has 0 unspecified atom stereocenters. The first-order valence-corrected chi connectivity index (χ1v) is 7.75. The monoisotopic (exact) mass is 299 g/mol. The summed E-state index contributed by atoms with van der Waals surface area (Å²) in [6, 6.07) is 0.436. The largest absolute Gasteiger partial charge is 0.444 e. The van der Waals surface area contributed by atoms with Gasteiger partial charge in [-0.1, -0.05) is 0 Å². The lowest BCUT2D eigenvalue weighted by Crippen LogP contribution is -2.54. The maximum Gasteiger partial charge on any atom is 0.407 e. The van der Waals surface area contributed by atoms with E-state index >= 15 is 0 Å². The second-order valence-corrected chi connectivity index (χ2v) is 6.46. The first-order chi connectivity index (χ1) is 9.75. The van der Waals surface area contributed by atoms with Crippen LogP contribution in [0.15, 0.2) is 0 Å². The number of rotatable bonds is 6. The molecular formula is C15H29N3O3. The molecule has 21 heavy (non-hydrogen) atoms. The van der Waals surface area contributed by atoms with Crippen LogP contribution in [0.3, 0.4) is 0 Å². The molecule has 0 atom stereocenters. The van der Waals surface area contributed by atoms with Crippen LogP contribution in [-0.4, -0.2) is 54.2 Å². The second-order valence-electron chi connectivity index (χ2n) is 6.46. The number of carbonyl (C=O) groups is 2. The van der Waals surface area contributed by atoms with Crippen LogP contribution in [0.2, 0.25) is 0 Å². The summed E-state index contributed by atoms with van der Waals surface area (Å²) < 4.78 is 5.21. The van der Waals surface area contributed by atoms with Gasteiger partial charge in [-0.25, -0.2) is 4.79 Å². The summed E-state index contributed by atoms with van der Waals surface area (Å²) in [6.45, 7) is 11.3. The number of ether oxygens (including phenoxy) is 1. The normalized spacial score (nSPS) is 21.4. The number of nitrogens with one attached hydrogen (secondary N) is 2. The fourth-order valence-corrected chi connectivity index (χ4v) is 2.30. The zero-order valence-corrected chi connectivity index (χ0v) is 13.9. The van der Waals surface area contributed by atoms with E-state index in [1.165, 1.54) is 0 Å². The Morgan fingerprint density at radius 2 is 1.71 bits per heavy atom. The molecular weight excluding hydrogens is 270 g/mol. The van der Waals surface area contributed by atoms with Crippen LogP contribution < -0.4 is 10.6 Å².